The van der Waals surface area contributed by atoms with Crippen LogP contribution in [0.2, 0.25) is 5.02 Å². The first-order chi connectivity index (χ1) is 9.20. The largest absolute Gasteiger partial charge is 0.301 e. The number of hydrogen-bond donors (Lipinski definition) is 2. The molecule has 0 saturated carbocycles. The van der Waals surface area contributed by atoms with Gasteiger partial charge in [-0.15, -0.1) is 0 Å². The van der Waals surface area contributed by atoms with Gasteiger partial charge in [0.1, 0.15) is 0 Å². The lowest BCUT2D eigenvalue weighted by molar-refractivity contribution is 0.482. The number of primary sulfonamides is 1. The van der Waals surface area contributed by atoms with Crippen molar-refractivity contribution in [3.05, 3.63) is 23.2 Å². The zero-order chi connectivity index (χ0) is 15.0. The lowest BCUT2D eigenvalue weighted by atomic mass is 10.3. The molecule has 0 atom stereocenters. The topological polar surface area (TPSA) is 110 Å². The van der Waals surface area contributed by atoms with Crippen molar-refractivity contribution in [2.45, 2.75) is 17.7 Å². The van der Waals surface area contributed by atoms with Gasteiger partial charge in [-0.3, -0.25) is 4.72 Å². The molecular weight excluding hydrogens is 326 g/mol. The molecule has 1 aliphatic heterocycles. The minimum absolute atomic E-state index is 0.00917. The first-order valence-corrected chi connectivity index (χ1v) is 9.17. The fourth-order valence-corrected chi connectivity index (χ4v) is 3.97. The zero-order valence-electron chi connectivity index (χ0n) is 10.4. The lowest BCUT2D eigenvalue weighted by Gasteiger charge is -2.17. The zero-order valence-corrected chi connectivity index (χ0v) is 12.8. The Kier molecular flexibility index (Phi) is 4.26. The third-order valence-corrected chi connectivity index (χ3v) is 5.67. The molecule has 0 spiro atoms. The van der Waals surface area contributed by atoms with Crippen LogP contribution < -0.4 is 9.86 Å². The Hall–Kier alpha value is -0.870. The van der Waals surface area contributed by atoms with Gasteiger partial charge in [0.15, 0.2) is 0 Å². The Bertz CT molecular complexity index is 712. The Morgan fingerprint density at radius 1 is 1.15 bits per heavy atom. The Morgan fingerprint density at radius 2 is 1.75 bits per heavy atom. The number of sulfonamides is 1. The molecule has 0 amide bonds. The monoisotopic (exact) mass is 339 g/mol. The summed E-state index contributed by atoms with van der Waals surface area (Å²) < 4.78 is 50.3. The Morgan fingerprint density at radius 3 is 2.30 bits per heavy atom. The highest BCUT2D eigenvalue weighted by molar-refractivity contribution is 7.90. The third kappa shape index (κ3) is 3.41. The van der Waals surface area contributed by atoms with Gasteiger partial charge >= 0.3 is 10.2 Å². The average Bonchev–Trinajstić information content (AvgIpc) is 2.84. The summed E-state index contributed by atoms with van der Waals surface area (Å²) >= 11 is 5.88. The van der Waals surface area contributed by atoms with Gasteiger partial charge < -0.3 is 0 Å². The fourth-order valence-electron chi connectivity index (χ4n) is 1.89. The highest BCUT2D eigenvalue weighted by atomic mass is 35.5. The highest BCUT2D eigenvalue weighted by Gasteiger charge is 2.26. The van der Waals surface area contributed by atoms with Crippen LogP contribution in [-0.4, -0.2) is 34.2 Å². The molecule has 1 aromatic rings. The Balaban J connectivity index is 2.33. The van der Waals surface area contributed by atoms with Crippen LogP contribution in [0.3, 0.4) is 0 Å². The molecule has 7 nitrogen and oxygen atoms in total. The summed E-state index contributed by atoms with van der Waals surface area (Å²) in [7, 11) is -7.66. The van der Waals surface area contributed by atoms with Gasteiger partial charge in [-0.1, -0.05) is 11.6 Å². The minimum atomic E-state index is -3.92. The molecule has 1 fully saturated rings. The number of halogens is 1. The fraction of sp³-hybridized carbons (Fsp3) is 0.400. The second-order valence-electron chi connectivity index (χ2n) is 4.40. The van der Waals surface area contributed by atoms with Gasteiger partial charge in [0.2, 0.25) is 10.0 Å². The van der Waals surface area contributed by atoms with Crippen LogP contribution in [0.1, 0.15) is 12.8 Å². The third-order valence-electron chi connectivity index (χ3n) is 2.91. The van der Waals surface area contributed by atoms with Crippen LogP contribution in [0.5, 0.6) is 0 Å². The standard InChI is InChI=1S/C10H14ClN3O4S2/c11-9-4-3-8(19(12,15)16)7-10(9)13-20(17,18)14-5-1-2-6-14/h3-4,7,13H,1-2,5-6H2,(H2,12,15,16). The van der Waals surface area contributed by atoms with Crippen LogP contribution >= 0.6 is 11.6 Å². The van der Waals surface area contributed by atoms with E-state index in [9.17, 15) is 16.8 Å². The van der Waals surface area contributed by atoms with Crippen molar-refractivity contribution in [2.75, 3.05) is 17.8 Å². The van der Waals surface area contributed by atoms with E-state index < -0.39 is 20.2 Å². The van der Waals surface area contributed by atoms with Gasteiger partial charge in [-0.2, -0.15) is 12.7 Å². The van der Waals surface area contributed by atoms with Crippen molar-refractivity contribution in [1.82, 2.24) is 4.31 Å². The van der Waals surface area contributed by atoms with E-state index in [1.807, 2.05) is 0 Å². The average molecular weight is 340 g/mol. The van der Waals surface area contributed by atoms with E-state index in [0.717, 1.165) is 18.9 Å². The van der Waals surface area contributed by atoms with Crippen LogP contribution in [0.15, 0.2) is 23.1 Å². The normalized spacial score (nSPS) is 17.3. The van der Waals surface area contributed by atoms with E-state index in [4.69, 9.17) is 16.7 Å². The van der Waals surface area contributed by atoms with Crippen LogP contribution in [0, 0.1) is 0 Å². The number of nitrogens with zero attached hydrogens (tertiary/aromatic N) is 1. The molecule has 0 bridgehead atoms. The summed E-state index contributed by atoms with van der Waals surface area (Å²) in [4.78, 5) is -0.207. The number of benzene rings is 1. The quantitative estimate of drug-likeness (QED) is 0.842. The molecule has 0 aliphatic carbocycles. The van der Waals surface area contributed by atoms with Gasteiger partial charge in [0, 0.05) is 13.1 Å². The van der Waals surface area contributed by atoms with Crippen molar-refractivity contribution < 1.29 is 16.8 Å². The first-order valence-electron chi connectivity index (χ1n) is 5.80. The van der Waals surface area contributed by atoms with E-state index in [-0.39, 0.29) is 15.6 Å². The number of nitrogens with two attached hydrogens (primary N) is 1. The van der Waals surface area contributed by atoms with E-state index in [2.05, 4.69) is 4.72 Å². The molecule has 10 heteroatoms. The molecular formula is C10H14ClN3O4S2. The molecule has 1 heterocycles. The summed E-state index contributed by atoms with van der Waals surface area (Å²) in [6.07, 6.45) is 1.59. The Labute approximate surface area is 122 Å². The molecule has 0 aromatic heterocycles. The molecule has 3 N–H and O–H groups in total. The molecule has 1 aromatic carbocycles. The molecule has 2 rings (SSSR count). The van der Waals surface area contributed by atoms with Crippen LogP contribution in [0.4, 0.5) is 5.69 Å². The highest BCUT2D eigenvalue weighted by Crippen LogP contribution is 2.27. The summed E-state index contributed by atoms with van der Waals surface area (Å²) in [6.45, 7) is 0.865. The maximum Gasteiger partial charge on any atom is 0.301 e. The van der Waals surface area contributed by atoms with E-state index in [1.165, 1.54) is 16.4 Å². The number of hydrogen-bond acceptors (Lipinski definition) is 4. The predicted molar refractivity (Wildman–Crippen MR) is 76.2 cm³/mol. The number of anilines is 1. The lowest BCUT2D eigenvalue weighted by Crippen LogP contribution is -2.33. The summed E-state index contributed by atoms with van der Waals surface area (Å²) in [5.74, 6) is 0. The van der Waals surface area contributed by atoms with Crippen molar-refractivity contribution in [2.24, 2.45) is 5.14 Å². The SMILES string of the molecule is NS(=O)(=O)c1ccc(Cl)c(NS(=O)(=O)N2CCCC2)c1. The second kappa shape index (κ2) is 5.49. The van der Waals surface area contributed by atoms with Gasteiger partial charge in [0.05, 0.1) is 15.6 Å². The molecule has 0 unspecified atom stereocenters. The molecule has 20 heavy (non-hydrogen) atoms. The molecule has 112 valence electrons. The minimum Gasteiger partial charge on any atom is -0.269 e. The van der Waals surface area contributed by atoms with Crippen molar-refractivity contribution >= 4 is 37.5 Å². The smallest absolute Gasteiger partial charge is 0.269 e. The van der Waals surface area contributed by atoms with E-state index >= 15 is 0 Å². The maximum atomic E-state index is 12.1. The van der Waals surface area contributed by atoms with Crippen molar-refractivity contribution in [3.63, 3.8) is 0 Å². The number of rotatable bonds is 4. The van der Waals surface area contributed by atoms with Gasteiger partial charge in [-0.05, 0) is 31.0 Å². The van der Waals surface area contributed by atoms with E-state index in [1.54, 1.807) is 0 Å². The van der Waals surface area contributed by atoms with Crippen LogP contribution in [-0.2, 0) is 20.2 Å². The van der Waals surface area contributed by atoms with E-state index in [0.29, 0.717) is 13.1 Å². The van der Waals surface area contributed by atoms with Crippen molar-refractivity contribution in [1.29, 1.82) is 0 Å². The summed E-state index contributed by atoms with van der Waals surface area (Å²) in [5.41, 5.74) is -0.00917. The molecule has 1 saturated heterocycles. The van der Waals surface area contributed by atoms with Crippen LogP contribution in [0.25, 0.3) is 0 Å². The van der Waals surface area contributed by atoms with Gasteiger partial charge in [-0.25, -0.2) is 13.6 Å². The van der Waals surface area contributed by atoms with Gasteiger partial charge in [0.25, 0.3) is 0 Å². The summed E-state index contributed by atoms with van der Waals surface area (Å²) in [6, 6.07) is 3.60. The summed E-state index contributed by atoms with van der Waals surface area (Å²) in [5, 5.41) is 5.10. The molecule has 1 aliphatic rings. The first kappa shape index (κ1) is 15.5. The van der Waals surface area contributed by atoms with Crippen molar-refractivity contribution in [3.8, 4) is 0 Å². The second-order valence-corrected chi connectivity index (χ2v) is 8.04. The maximum absolute atomic E-state index is 12.1. The molecule has 0 radical (unpaired) electrons. The number of nitrogens with one attached hydrogen (secondary N) is 1. The predicted octanol–water partition coefficient (Wildman–Crippen LogP) is 0.740.